The molecule has 0 fully saturated rings. The number of thiophene rings is 1. The van der Waals surface area contributed by atoms with Crippen molar-refractivity contribution in [3.8, 4) is 15.6 Å². The van der Waals surface area contributed by atoms with Gasteiger partial charge < -0.3 is 10.1 Å². The van der Waals surface area contributed by atoms with Crippen LogP contribution in [0.25, 0.3) is 9.88 Å². The van der Waals surface area contributed by atoms with E-state index in [0.717, 1.165) is 17.1 Å². The van der Waals surface area contributed by atoms with Gasteiger partial charge in [0.2, 0.25) is 0 Å². The van der Waals surface area contributed by atoms with Crippen molar-refractivity contribution in [2.75, 3.05) is 13.2 Å². The molecule has 0 aliphatic rings. The Labute approximate surface area is 142 Å². The summed E-state index contributed by atoms with van der Waals surface area (Å²) in [6.45, 7) is 0.589. The van der Waals surface area contributed by atoms with E-state index in [1.54, 1.807) is 22.7 Å². The molecule has 3 rings (SSSR count). The lowest BCUT2D eigenvalue weighted by Crippen LogP contribution is -2.30. The van der Waals surface area contributed by atoms with Gasteiger partial charge in [0.25, 0.3) is 5.91 Å². The van der Waals surface area contributed by atoms with Crippen molar-refractivity contribution in [2.24, 2.45) is 0 Å². The van der Waals surface area contributed by atoms with Gasteiger partial charge in [-0.15, -0.1) is 22.7 Å². The summed E-state index contributed by atoms with van der Waals surface area (Å²) >= 11 is 3.32. The van der Waals surface area contributed by atoms with Gasteiger partial charge in [-0.3, -0.25) is 4.79 Å². The molecule has 3 aromatic rings. The van der Waals surface area contributed by atoms with Gasteiger partial charge in [0, 0.05) is 18.3 Å². The minimum Gasteiger partial charge on any atom is -0.484 e. The Morgan fingerprint density at radius 1 is 1.13 bits per heavy atom. The number of rotatable bonds is 7. The number of thiazole rings is 1. The molecule has 2 aromatic heterocycles. The van der Waals surface area contributed by atoms with E-state index in [1.165, 1.54) is 4.88 Å². The molecule has 4 nitrogen and oxygen atoms in total. The van der Waals surface area contributed by atoms with Gasteiger partial charge in [0.1, 0.15) is 10.8 Å². The first-order valence-corrected chi connectivity index (χ1v) is 9.00. The van der Waals surface area contributed by atoms with Gasteiger partial charge in [0.05, 0.1) is 10.6 Å². The van der Waals surface area contributed by atoms with Crippen LogP contribution in [-0.2, 0) is 11.2 Å². The van der Waals surface area contributed by atoms with Gasteiger partial charge >= 0.3 is 0 Å². The standard InChI is InChI=1S/C17H16N2O2S2/c20-16(11-21-14-5-2-1-3-6-14)18-9-8-13-12-23-17(19-13)15-7-4-10-22-15/h1-7,10,12H,8-9,11H2,(H,18,20). The summed E-state index contributed by atoms with van der Waals surface area (Å²) in [6.07, 6.45) is 0.721. The number of para-hydroxylation sites is 1. The smallest absolute Gasteiger partial charge is 0.257 e. The molecule has 0 saturated carbocycles. The Kier molecular flexibility index (Phi) is 5.39. The minimum atomic E-state index is -0.123. The zero-order valence-electron chi connectivity index (χ0n) is 12.4. The fraction of sp³-hybridized carbons (Fsp3) is 0.176. The molecule has 6 heteroatoms. The van der Waals surface area contributed by atoms with Crippen LogP contribution < -0.4 is 10.1 Å². The third-order valence-corrected chi connectivity index (χ3v) is 5.03. The summed E-state index contributed by atoms with van der Waals surface area (Å²) in [5.74, 6) is 0.574. The first-order valence-electron chi connectivity index (χ1n) is 7.24. The summed E-state index contributed by atoms with van der Waals surface area (Å²) in [4.78, 5) is 17.5. The molecule has 0 aliphatic heterocycles. The molecule has 23 heavy (non-hydrogen) atoms. The Hall–Kier alpha value is -2.18. The summed E-state index contributed by atoms with van der Waals surface area (Å²) in [5, 5.41) is 7.97. The number of carbonyl (C=O) groups excluding carboxylic acids is 1. The fourth-order valence-electron chi connectivity index (χ4n) is 1.98. The number of nitrogens with one attached hydrogen (secondary N) is 1. The second kappa shape index (κ2) is 7.89. The molecule has 0 aliphatic carbocycles. The number of amides is 1. The van der Waals surface area contributed by atoms with Crippen molar-refractivity contribution in [1.29, 1.82) is 0 Å². The highest BCUT2D eigenvalue weighted by atomic mass is 32.1. The molecule has 1 amide bonds. The molecule has 1 N–H and O–H groups in total. The fourth-order valence-corrected chi connectivity index (χ4v) is 3.65. The number of benzene rings is 1. The summed E-state index contributed by atoms with van der Waals surface area (Å²) in [6, 6.07) is 13.4. The zero-order valence-corrected chi connectivity index (χ0v) is 14.0. The normalized spacial score (nSPS) is 10.4. The Balaban J connectivity index is 1.40. The summed E-state index contributed by atoms with van der Waals surface area (Å²) < 4.78 is 5.40. The van der Waals surface area contributed by atoms with Crippen LogP contribution >= 0.6 is 22.7 Å². The summed E-state index contributed by atoms with van der Waals surface area (Å²) in [7, 11) is 0. The number of aromatic nitrogens is 1. The quantitative estimate of drug-likeness (QED) is 0.712. The topological polar surface area (TPSA) is 51.2 Å². The van der Waals surface area contributed by atoms with Crippen LogP contribution in [0, 0.1) is 0 Å². The van der Waals surface area contributed by atoms with Gasteiger partial charge in [-0.1, -0.05) is 24.3 Å². The molecule has 0 unspecified atom stereocenters. The van der Waals surface area contributed by atoms with E-state index in [9.17, 15) is 4.79 Å². The molecule has 0 spiro atoms. The predicted octanol–water partition coefficient (Wildman–Crippen LogP) is 3.61. The SMILES string of the molecule is O=C(COc1ccccc1)NCCc1csc(-c2cccs2)n1. The van der Waals surface area contributed by atoms with Gasteiger partial charge in [-0.25, -0.2) is 4.98 Å². The van der Waals surface area contributed by atoms with Crippen molar-refractivity contribution in [3.63, 3.8) is 0 Å². The average molecular weight is 344 g/mol. The predicted molar refractivity (Wildman–Crippen MR) is 94.1 cm³/mol. The molecule has 0 atom stereocenters. The number of hydrogen-bond acceptors (Lipinski definition) is 5. The third-order valence-electron chi connectivity index (χ3n) is 3.10. The van der Waals surface area contributed by atoms with Gasteiger partial charge in [0.15, 0.2) is 6.61 Å². The van der Waals surface area contributed by atoms with Crippen LogP contribution in [0.3, 0.4) is 0 Å². The lowest BCUT2D eigenvalue weighted by atomic mass is 10.3. The first kappa shape index (κ1) is 15.7. The Morgan fingerprint density at radius 3 is 2.78 bits per heavy atom. The van der Waals surface area contributed by atoms with E-state index < -0.39 is 0 Å². The van der Waals surface area contributed by atoms with Crippen LogP contribution in [0.15, 0.2) is 53.2 Å². The first-order chi connectivity index (χ1) is 11.3. The van der Waals surface area contributed by atoms with Crippen molar-refractivity contribution in [3.05, 3.63) is 58.9 Å². The van der Waals surface area contributed by atoms with E-state index >= 15 is 0 Å². The van der Waals surface area contributed by atoms with Gasteiger partial charge in [-0.2, -0.15) is 0 Å². The molecule has 0 saturated heterocycles. The molecule has 1 aromatic carbocycles. The van der Waals surface area contributed by atoms with Crippen molar-refractivity contribution >= 4 is 28.6 Å². The molecular formula is C17H16N2O2S2. The van der Waals surface area contributed by atoms with Crippen molar-refractivity contribution < 1.29 is 9.53 Å². The summed E-state index contributed by atoms with van der Waals surface area (Å²) in [5.41, 5.74) is 1.00. The largest absolute Gasteiger partial charge is 0.484 e. The van der Waals surface area contributed by atoms with Crippen LogP contribution in [-0.4, -0.2) is 24.0 Å². The highest BCUT2D eigenvalue weighted by Crippen LogP contribution is 2.27. The van der Waals surface area contributed by atoms with Crippen LogP contribution in [0.5, 0.6) is 5.75 Å². The highest BCUT2D eigenvalue weighted by molar-refractivity contribution is 7.20. The molecular weight excluding hydrogens is 328 g/mol. The zero-order chi connectivity index (χ0) is 15.9. The molecule has 0 radical (unpaired) electrons. The van der Waals surface area contributed by atoms with Gasteiger partial charge in [-0.05, 0) is 23.6 Å². The van der Waals surface area contributed by atoms with Crippen LogP contribution in [0.2, 0.25) is 0 Å². The third kappa shape index (κ3) is 4.64. The maximum Gasteiger partial charge on any atom is 0.257 e. The van der Waals surface area contributed by atoms with Crippen molar-refractivity contribution in [2.45, 2.75) is 6.42 Å². The second-order valence-corrected chi connectivity index (χ2v) is 6.63. The molecule has 2 heterocycles. The maximum absolute atomic E-state index is 11.7. The van der Waals surface area contributed by atoms with E-state index in [0.29, 0.717) is 12.3 Å². The number of ether oxygens (including phenoxy) is 1. The van der Waals surface area contributed by atoms with E-state index in [1.807, 2.05) is 47.2 Å². The van der Waals surface area contributed by atoms with E-state index in [4.69, 9.17) is 4.74 Å². The van der Waals surface area contributed by atoms with E-state index in [-0.39, 0.29) is 12.5 Å². The Morgan fingerprint density at radius 2 is 2.00 bits per heavy atom. The number of carbonyl (C=O) groups is 1. The maximum atomic E-state index is 11.7. The molecule has 118 valence electrons. The second-order valence-electron chi connectivity index (χ2n) is 4.82. The lowest BCUT2D eigenvalue weighted by Gasteiger charge is -2.06. The van der Waals surface area contributed by atoms with Crippen LogP contribution in [0.4, 0.5) is 0 Å². The number of hydrogen-bond donors (Lipinski definition) is 1. The Bertz CT molecular complexity index is 739. The lowest BCUT2D eigenvalue weighted by molar-refractivity contribution is -0.123. The minimum absolute atomic E-state index is 0.0293. The molecule has 0 bridgehead atoms. The monoisotopic (exact) mass is 344 g/mol. The highest BCUT2D eigenvalue weighted by Gasteiger charge is 2.07. The number of nitrogens with zero attached hydrogens (tertiary/aromatic N) is 1. The van der Waals surface area contributed by atoms with Crippen molar-refractivity contribution in [1.82, 2.24) is 10.3 Å². The van der Waals surface area contributed by atoms with Crippen LogP contribution in [0.1, 0.15) is 5.69 Å². The average Bonchev–Trinajstić information content (AvgIpc) is 3.25. The van der Waals surface area contributed by atoms with E-state index in [2.05, 4.69) is 16.4 Å².